The Labute approximate surface area is 173 Å². The van der Waals surface area contributed by atoms with Gasteiger partial charge in [-0.15, -0.1) is 10.2 Å². The van der Waals surface area contributed by atoms with Crippen LogP contribution in [0.15, 0.2) is 60.0 Å². The van der Waals surface area contributed by atoms with Gasteiger partial charge in [0.05, 0.1) is 0 Å². The van der Waals surface area contributed by atoms with E-state index in [-0.39, 0.29) is 12.3 Å². The van der Waals surface area contributed by atoms with E-state index in [0.717, 1.165) is 22.1 Å². The summed E-state index contributed by atoms with van der Waals surface area (Å²) in [7, 11) is 0. The number of hydrogen-bond acceptors (Lipinski definition) is 6. The summed E-state index contributed by atoms with van der Waals surface area (Å²) in [6.07, 6.45) is 3.62. The van der Waals surface area contributed by atoms with Crippen molar-refractivity contribution in [2.24, 2.45) is 0 Å². The van der Waals surface area contributed by atoms with E-state index in [0.29, 0.717) is 18.8 Å². The van der Waals surface area contributed by atoms with Crippen LogP contribution >= 0.6 is 11.8 Å². The lowest BCUT2D eigenvalue weighted by molar-refractivity contribution is -0.119. The normalized spacial score (nSPS) is 10.5. The van der Waals surface area contributed by atoms with Crippen molar-refractivity contribution in [3.05, 3.63) is 60.4 Å². The monoisotopic (exact) mass is 410 g/mol. The molecule has 0 aliphatic heterocycles. The summed E-state index contributed by atoms with van der Waals surface area (Å²) in [6, 6.07) is 12.8. The van der Waals surface area contributed by atoms with Crippen LogP contribution in [0, 0.1) is 0 Å². The summed E-state index contributed by atoms with van der Waals surface area (Å²) in [5, 5.41) is 14.2. The van der Waals surface area contributed by atoms with Crippen LogP contribution in [0.2, 0.25) is 0 Å². The van der Waals surface area contributed by atoms with E-state index < -0.39 is 6.03 Å². The molecule has 29 heavy (non-hydrogen) atoms. The Balaban J connectivity index is 1.45. The van der Waals surface area contributed by atoms with Crippen LogP contribution in [0.25, 0.3) is 11.4 Å². The summed E-state index contributed by atoms with van der Waals surface area (Å²) in [5.74, 6) is 0.925. The van der Waals surface area contributed by atoms with Gasteiger partial charge >= 0.3 is 6.03 Å². The van der Waals surface area contributed by atoms with Crippen molar-refractivity contribution in [3.8, 4) is 11.4 Å². The molecule has 0 saturated heterocycles. The van der Waals surface area contributed by atoms with Crippen LogP contribution in [0.3, 0.4) is 0 Å². The molecule has 1 aromatic carbocycles. The molecular formula is C20H22N6O2S. The molecule has 9 heteroatoms. The fraction of sp³-hybridized carbons (Fsp3) is 0.250. The number of nitrogens with zero attached hydrogens (tertiary/aromatic N) is 4. The smallest absolute Gasteiger partial charge is 0.321 e. The number of pyridine rings is 1. The van der Waals surface area contributed by atoms with Crippen LogP contribution < -0.4 is 10.6 Å². The number of urea groups is 1. The number of thioether (sulfide) groups is 1. The Morgan fingerprint density at radius 3 is 2.55 bits per heavy atom. The number of amides is 3. The fourth-order valence-corrected chi connectivity index (χ4v) is 3.58. The molecule has 0 fully saturated rings. The van der Waals surface area contributed by atoms with Crippen molar-refractivity contribution in [1.29, 1.82) is 0 Å². The number of hydrogen-bond donors (Lipinski definition) is 2. The highest BCUT2D eigenvalue weighted by atomic mass is 32.2. The van der Waals surface area contributed by atoms with Crippen LogP contribution in [-0.2, 0) is 17.9 Å². The summed E-state index contributed by atoms with van der Waals surface area (Å²) >= 11 is 1.43. The van der Waals surface area contributed by atoms with Gasteiger partial charge in [0.1, 0.15) is 0 Å². The molecule has 0 saturated carbocycles. The second-order valence-corrected chi connectivity index (χ2v) is 7.16. The molecule has 0 unspecified atom stereocenters. The van der Waals surface area contributed by atoms with Crippen molar-refractivity contribution in [3.63, 3.8) is 0 Å². The van der Waals surface area contributed by atoms with Crippen LogP contribution in [0.1, 0.15) is 18.9 Å². The second kappa shape index (κ2) is 10.4. The zero-order valence-electron chi connectivity index (χ0n) is 16.0. The molecule has 8 nitrogen and oxygen atoms in total. The number of carbonyl (C=O) groups is 2. The van der Waals surface area contributed by atoms with Gasteiger partial charge < -0.3 is 9.88 Å². The molecule has 150 valence electrons. The van der Waals surface area contributed by atoms with E-state index in [9.17, 15) is 9.59 Å². The quantitative estimate of drug-likeness (QED) is 0.554. The average Bonchev–Trinajstić information content (AvgIpc) is 3.16. The molecule has 3 rings (SSSR count). The lowest BCUT2D eigenvalue weighted by Crippen LogP contribution is -2.39. The second-order valence-electron chi connectivity index (χ2n) is 6.10. The minimum Gasteiger partial charge on any atom is -0.334 e. The maximum atomic E-state index is 12.0. The third-order valence-electron chi connectivity index (χ3n) is 4.08. The Hall–Kier alpha value is -3.20. The van der Waals surface area contributed by atoms with Gasteiger partial charge in [-0.25, -0.2) is 4.79 Å². The largest absolute Gasteiger partial charge is 0.334 e. The zero-order chi connectivity index (χ0) is 20.5. The predicted octanol–water partition coefficient (Wildman–Crippen LogP) is 2.87. The predicted molar refractivity (Wildman–Crippen MR) is 111 cm³/mol. The molecule has 3 amide bonds. The first-order valence-corrected chi connectivity index (χ1v) is 10.2. The Morgan fingerprint density at radius 2 is 1.83 bits per heavy atom. The lowest BCUT2D eigenvalue weighted by atomic mass is 10.2. The molecule has 0 atom stereocenters. The molecule has 0 spiro atoms. The van der Waals surface area contributed by atoms with E-state index in [1.807, 2.05) is 54.0 Å². The topological polar surface area (TPSA) is 102 Å². The first-order valence-electron chi connectivity index (χ1n) is 9.25. The number of benzene rings is 1. The van der Waals surface area contributed by atoms with Gasteiger partial charge in [0.2, 0.25) is 5.91 Å². The number of carbonyl (C=O) groups excluding carboxylic acids is 2. The minimum atomic E-state index is -0.499. The molecule has 0 aliphatic carbocycles. The number of nitrogens with one attached hydrogen (secondary N) is 2. The third kappa shape index (κ3) is 5.89. The molecule has 0 radical (unpaired) electrons. The van der Waals surface area contributed by atoms with Crippen molar-refractivity contribution in [2.75, 3.05) is 5.75 Å². The minimum absolute atomic E-state index is 0.199. The lowest BCUT2D eigenvalue weighted by Gasteiger charge is -2.08. The fourth-order valence-electron chi connectivity index (χ4n) is 2.64. The van der Waals surface area contributed by atoms with E-state index in [4.69, 9.17) is 0 Å². The van der Waals surface area contributed by atoms with Gasteiger partial charge in [-0.3, -0.25) is 15.1 Å². The molecular weight excluding hydrogens is 388 g/mol. The van der Waals surface area contributed by atoms with Crippen molar-refractivity contribution in [1.82, 2.24) is 30.4 Å². The van der Waals surface area contributed by atoms with E-state index in [2.05, 4.69) is 25.8 Å². The van der Waals surface area contributed by atoms with Crippen LogP contribution in [0.4, 0.5) is 4.79 Å². The van der Waals surface area contributed by atoms with Crippen molar-refractivity contribution in [2.45, 2.75) is 31.6 Å². The standard InChI is InChI=1S/C20H22N6O2S/c1-2-26-18(16-8-11-21-12-9-16)24-25-20(26)29-13-10-17(27)23-19(28)22-14-15-6-4-3-5-7-15/h3-9,11-12H,2,10,13-14H2,1H3,(H2,22,23,27,28). The van der Waals surface area contributed by atoms with Gasteiger partial charge in [-0.05, 0) is 24.6 Å². The maximum Gasteiger partial charge on any atom is 0.321 e. The number of rotatable bonds is 8. The SMILES string of the molecule is CCn1c(SCCC(=O)NC(=O)NCc2ccccc2)nnc1-c1ccncc1. The van der Waals surface area contributed by atoms with Crippen LogP contribution in [0.5, 0.6) is 0 Å². The van der Waals surface area contributed by atoms with Gasteiger partial charge in [-0.2, -0.15) is 0 Å². The molecule has 3 aromatic rings. The molecule has 0 aliphatic rings. The van der Waals surface area contributed by atoms with Crippen LogP contribution in [-0.4, -0.2) is 37.4 Å². The Kier molecular flexibility index (Phi) is 7.34. The summed E-state index contributed by atoms with van der Waals surface area (Å²) in [5.41, 5.74) is 1.91. The number of imide groups is 1. The highest BCUT2D eigenvalue weighted by Crippen LogP contribution is 2.23. The van der Waals surface area contributed by atoms with Gasteiger partial charge in [0, 0.05) is 43.2 Å². The Bertz CT molecular complexity index is 946. The van der Waals surface area contributed by atoms with Crippen molar-refractivity contribution < 1.29 is 9.59 Å². The van der Waals surface area contributed by atoms with Gasteiger partial charge in [0.15, 0.2) is 11.0 Å². The van der Waals surface area contributed by atoms with E-state index in [1.54, 1.807) is 12.4 Å². The summed E-state index contributed by atoms with van der Waals surface area (Å²) in [6.45, 7) is 3.09. The van der Waals surface area contributed by atoms with E-state index in [1.165, 1.54) is 11.8 Å². The first-order chi connectivity index (χ1) is 14.2. The highest BCUT2D eigenvalue weighted by molar-refractivity contribution is 7.99. The van der Waals surface area contributed by atoms with Gasteiger partial charge in [0.25, 0.3) is 0 Å². The third-order valence-corrected chi connectivity index (χ3v) is 5.05. The summed E-state index contributed by atoms with van der Waals surface area (Å²) < 4.78 is 1.99. The summed E-state index contributed by atoms with van der Waals surface area (Å²) in [4.78, 5) is 27.9. The molecule has 2 heterocycles. The van der Waals surface area contributed by atoms with Crippen molar-refractivity contribution >= 4 is 23.7 Å². The van der Waals surface area contributed by atoms with Gasteiger partial charge in [-0.1, -0.05) is 42.1 Å². The highest BCUT2D eigenvalue weighted by Gasteiger charge is 2.14. The van der Waals surface area contributed by atoms with E-state index >= 15 is 0 Å². The average molecular weight is 411 g/mol. The zero-order valence-corrected chi connectivity index (χ0v) is 16.9. The molecule has 2 N–H and O–H groups in total. The first kappa shape index (κ1) is 20.5. The Morgan fingerprint density at radius 1 is 1.07 bits per heavy atom. The molecule has 0 bridgehead atoms. The molecule has 2 aromatic heterocycles. The maximum absolute atomic E-state index is 12.0. The number of aromatic nitrogens is 4.